The minimum Gasteiger partial charge on any atom is -0.493 e. The summed E-state index contributed by atoms with van der Waals surface area (Å²) >= 11 is 3.39. The molecule has 0 fully saturated rings. The summed E-state index contributed by atoms with van der Waals surface area (Å²) in [5.74, 6) is 2.42. The number of hydrogen-bond donors (Lipinski definition) is 0. The van der Waals surface area contributed by atoms with Gasteiger partial charge in [0.15, 0.2) is 29.4 Å². The van der Waals surface area contributed by atoms with E-state index in [1.807, 2.05) is 71.0 Å². The fourth-order valence-electron chi connectivity index (χ4n) is 3.65. The number of fused-ring (bicyclic) bond motifs is 1. The number of rotatable bonds is 7. The number of ether oxygens (including phenoxy) is 3. The van der Waals surface area contributed by atoms with Gasteiger partial charge in [0.2, 0.25) is 18.1 Å². The molecule has 4 aromatic rings. The zero-order chi connectivity index (χ0) is 22.8. The van der Waals surface area contributed by atoms with Gasteiger partial charge in [-0.15, -0.1) is 0 Å². The molecule has 0 unspecified atom stereocenters. The van der Waals surface area contributed by atoms with Crippen LogP contribution in [0.1, 0.15) is 10.4 Å². The van der Waals surface area contributed by atoms with Gasteiger partial charge in [-0.05, 0) is 24.3 Å². The third kappa shape index (κ3) is 4.05. The van der Waals surface area contributed by atoms with Gasteiger partial charge in [-0.2, -0.15) is 4.57 Å². The molecule has 164 valence electrons. The first-order valence-corrected chi connectivity index (χ1v) is 10.7. The number of halogens is 1. The summed E-state index contributed by atoms with van der Waals surface area (Å²) in [5.41, 5.74) is 3.22. The Labute approximate surface area is 194 Å². The normalized spacial score (nSPS) is 10.9. The zero-order valence-electron chi connectivity index (χ0n) is 18.3. The lowest BCUT2D eigenvalue weighted by Crippen LogP contribution is -2.37. The van der Waals surface area contributed by atoms with Crippen LogP contribution in [0.5, 0.6) is 17.2 Å². The summed E-state index contributed by atoms with van der Waals surface area (Å²) in [6.45, 7) is 0.230. The molecule has 0 spiro atoms. The van der Waals surface area contributed by atoms with E-state index in [9.17, 15) is 4.79 Å². The monoisotopic (exact) mass is 496 g/mol. The molecule has 7 nitrogen and oxygen atoms in total. The van der Waals surface area contributed by atoms with Gasteiger partial charge in [-0.25, -0.2) is 4.98 Å². The van der Waals surface area contributed by atoms with Crippen molar-refractivity contribution in [2.45, 2.75) is 6.54 Å². The van der Waals surface area contributed by atoms with Crippen molar-refractivity contribution in [3.63, 3.8) is 0 Å². The molecule has 0 bridgehead atoms. The van der Waals surface area contributed by atoms with E-state index < -0.39 is 0 Å². The predicted octanol–water partition coefficient (Wildman–Crippen LogP) is 4.20. The highest BCUT2D eigenvalue weighted by Gasteiger charge is 2.20. The maximum Gasteiger partial charge on any atom is 0.227 e. The van der Waals surface area contributed by atoms with Crippen LogP contribution in [0.2, 0.25) is 0 Å². The molecule has 0 atom stereocenters. The van der Waals surface area contributed by atoms with Crippen LogP contribution in [-0.4, -0.2) is 36.7 Å². The van der Waals surface area contributed by atoms with Gasteiger partial charge in [0, 0.05) is 28.7 Å². The van der Waals surface area contributed by atoms with E-state index in [-0.39, 0.29) is 12.3 Å². The van der Waals surface area contributed by atoms with E-state index in [1.165, 1.54) is 0 Å². The number of carbonyl (C=O) groups is 1. The van der Waals surface area contributed by atoms with E-state index in [4.69, 9.17) is 19.2 Å². The van der Waals surface area contributed by atoms with Crippen LogP contribution in [0.15, 0.2) is 59.3 Å². The molecule has 0 amide bonds. The number of hydrogen-bond acceptors (Lipinski definition) is 5. The van der Waals surface area contributed by atoms with Crippen LogP contribution in [0.4, 0.5) is 0 Å². The quantitative estimate of drug-likeness (QED) is 0.283. The molecule has 2 heterocycles. The van der Waals surface area contributed by atoms with Gasteiger partial charge >= 0.3 is 0 Å². The van der Waals surface area contributed by atoms with Crippen LogP contribution < -0.4 is 18.8 Å². The Morgan fingerprint density at radius 1 is 1.03 bits per heavy atom. The average Bonchev–Trinajstić information content (AvgIpc) is 3.14. The zero-order valence-corrected chi connectivity index (χ0v) is 19.8. The minimum absolute atomic E-state index is 0.0302. The third-order valence-electron chi connectivity index (χ3n) is 5.30. The van der Waals surface area contributed by atoms with E-state index in [0.717, 1.165) is 26.9 Å². The average molecular weight is 497 g/mol. The smallest absolute Gasteiger partial charge is 0.227 e. The van der Waals surface area contributed by atoms with Crippen molar-refractivity contribution in [1.82, 2.24) is 9.55 Å². The lowest BCUT2D eigenvalue weighted by atomic mass is 10.1. The highest BCUT2D eigenvalue weighted by Crippen LogP contribution is 2.41. The molecule has 0 aliphatic heterocycles. The number of carbonyl (C=O) groups excluding carboxylic acids is 1. The summed E-state index contributed by atoms with van der Waals surface area (Å²) in [7, 11) is 6.69. The molecule has 2 aromatic carbocycles. The molecule has 0 aliphatic rings. The van der Waals surface area contributed by atoms with Crippen LogP contribution in [0, 0.1) is 0 Å². The Bertz CT molecular complexity index is 1270. The first kappa shape index (κ1) is 21.8. The number of pyridine rings is 1. The number of methoxy groups -OCH3 is 3. The van der Waals surface area contributed by atoms with Gasteiger partial charge in [0.05, 0.1) is 26.8 Å². The number of aryl methyl sites for hydroxylation is 1. The number of ketones is 1. The summed E-state index contributed by atoms with van der Waals surface area (Å²) in [5, 5.41) is 0. The highest BCUT2D eigenvalue weighted by atomic mass is 79.9. The van der Waals surface area contributed by atoms with Crippen molar-refractivity contribution in [3.8, 4) is 28.6 Å². The Balaban J connectivity index is 1.70. The summed E-state index contributed by atoms with van der Waals surface area (Å²) in [6.07, 6.45) is 3.77. The predicted molar refractivity (Wildman–Crippen MR) is 124 cm³/mol. The number of nitrogens with zero attached hydrogens (tertiary/aromatic N) is 3. The number of imidazole rings is 1. The molecule has 2 aromatic heterocycles. The molecule has 32 heavy (non-hydrogen) atoms. The first-order valence-electron chi connectivity index (χ1n) is 9.89. The Morgan fingerprint density at radius 2 is 1.69 bits per heavy atom. The standard InChI is InChI=1S/C24H23BrN3O4/c1-27-19-9-10-28(14-20(29)15-5-7-17(25)8-6-15)13-18(19)26-24(27)16-11-21(30-2)23(32-4)22(12-16)31-3/h5-13H,14H2,1-4H3/q+1. The van der Waals surface area contributed by atoms with Gasteiger partial charge in [0.1, 0.15) is 5.82 Å². The van der Waals surface area contributed by atoms with Crippen LogP contribution in [0.3, 0.4) is 0 Å². The third-order valence-corrected chi connectivity index (χ3v) is 5.82. The minimum atomic E-state index is 0.0302. The van der Waals surface area contributed by atoms with E-state index in [0.29, 0.717) is 22.8 Å². The van der Waals surface area contributed by atoms with Crippen molar-refractivity contribution in [1.29, 1.82) is 0 Å². The summed E-state index contributed by atoms with van der Waals surface area (Å²) < 4.78 is 21.2. The number of Topliss-reactive ketones (excluding diaryl/α,β-unsaturated/α-hetero) is 1. The topological polar surface area (TPSA) is 66.5 Å². The maximum absolute atomic E-state index is 12.7. The molecule has 0 aliphatic carbocycles. The van der Waals surface area contributed by atoms with Gasteiger partial charge in [0.25, 0.3) is 0 Å². The van der Waals surface area contributed by atoms with E-state index in [1.54, 1.807) is 21.3 Å². The lowest BCUT2D eigenvalue weighted by molar-refractivity contribution is -0.681. The van der Waals surface area contributed by atoms with Crippen molar-refractivity contribution in [2.24, 2.45) is 7.05 Å². The summed E-state index contributed by atoms with van der Waals surface area (Å²) in [6, 6.07) is 13.1. The molecule has 0 N–H and O–H groups in total. The van der Waals surface area contributed by atoms with Gasteiger partial charge < -0.3 is 18.8 Å². The van der Waals surface area contributed by atoms with Crippen LogP contribution in [0.25, 0.3) is 22.4 Å². The van der Waals surface area contributed by atoms with Crippen molar-refractivity contribution in [3.05, 3.63) is 64.9 Å². The molecule has 0 radical (unpaired) electrons. The fraction of sp³-hybridized carbons (Fsp3) is 0.208. The second-order valence-electron chi connectivity index (χ2n) is 7.23. The Morgan fingerprint density at radius 3 is 2.28 bits per heavy atom. The van der Waals surface area contributed by atoms with Crippen molar-refractivity contribution < 1.29 is 23.6 Å². The molecule has 8 heteroatoms. The second-order valence-corrected chi connectivity index (χ2v) is 8.14. The van der Waals surface area contributed by atoms with Gasteiger partial charge in [-0.3, -0.25) is 4.79 Å². The molecule has 4 rings (SSSR count). The van der Waals surface area contributed by atoms with Gasteiger partial charge in [-0.1, -0.05) is 28.1 Å². The Kier molecular flexibility index (Phi) is 6.14. The highest BCUT2D eigenvalue weighted by molar-refractivity contribution is 9.10. The maximum atomic E-state index is 12.7. The SMILES string of the molecule is COc1cc(-c2nc3c[n+](CC(=O)c4ccc(Br)cc4)ccc3n2C)cc(OC)c1OC. The second kappa shape index (κ2) is 9.00. The number of benzene rings is 2. The molecular formula is C24H23BrN3O4+. The van der Waals surface area contributed by atoms with E-state index in [2.05, 4.69) is 15.9 Å². The molecular weight excluding hydrogens is 474 g/mol. The van der Waals surface area contributed by atoms with Crippen LogP contribution in [-0.2, 0) is 13.6 Å². The summed E-state index contributed by atoms with van der Waals surface area (Å²) in [4.78, 5) is 17.5. The number of aromatic nitrogens is 3. The van der Waals surface area contributed by atoms with Crippen molar-refractivity contribution in [2.75, 3.05) is 21.3 Å². The fourth-order valence-corrected chi connectivity index (χ4v) is 3.91. The van der Waals surface area contributed by atoms with Crippen LogP contribution >= 0.6 is 15.9 Å². The lowest BCUT2D eigenvalue weighted by Gasteiger charge is -2.14. The largest absolute Gasteiger partial charge is 0.493 e. The Hall–Kier alpha value is -3.39. The van der Waals surface area contributed by atoms with E-state index >= 15 is 0 Å². The molecule has 0 saturated carbocycles. The molecule has 0 saturated heterocycles. The van der Waals surface area contributed by atoms with Crippen molar-refractivity contribution >= 4 is 32.7 Å². The first-order chi connectivity index (χ1) is 15.4.